The van der Waals surface area contributed by atoms with Crippen LogP contribution in [0.5, 0.6) is 0 Å². The van der Waals surface area contributed by atoms with Gasteiger partial charge in [-0.3, -0.25) is 9.59 Å². The van der Waals surface area contributed by atoms with E-state index in [9.17, 15) is 9.59 Å². The third kappa shape index (κ3) is 2.67. The molecule has 2 aliphatic rings. The molecule has 1 aliphatic carbocycles. The fourth-order valence-electron chi connectivity index (χ4n) is 3.60. The van der Waals surface area contributed by atoms with Crippen LogP contribution >= 0.6 is 0 Å². The van der Waals surface area contributed by atoms with Gasteiger partial charge in [0.2, 0.25) is 11.8 Å². The van der Waals surface area contributed by atoms with Crippen molar-refractivity contribution in [2.45, 2.75) is 50.6 Å². The molecule has 1 aliphatic heterocycles. The van der Waals surface area contributed by atoms with Gasteiger partial charge in [0, 0.05) is 6.04 Å². The lowest BCUT2D eigenvalue weighted by Crippen LogP contribution is -2.67. The number of nitrogens with zero attached hydrogens (tertiary/aromatic N) is 1. The van der Waals surface area contributed by atoms with E-state index in [1.165, 1.54) is 5.56 Å². The molecule has 4 heteroatoms. The summed E-state index contributed by atoms with van der Waals surface area (Å²) in [5.41, 5.74) is 0.588. The summed E-state index contributed by atoms with van der Waals surface area (Å²) in [6.07, 6.45) is 4.40. The molecule has 1 atom stereocenters. The topological polar surface area (TPSA) is 49.4 Å². The van der Waals surface area contributed by atoms with Crippen molar-refractivity contribution in [2.75, 3.05) is 6.54 Å². The molecule has 0 aromatic heterocycles. The third-order valence-corrected chi connectivity index (χ3v) is 4.73. The minimum absolute atomic E-state index is 0.0172. The molecule has 1 aromatic carbocycles. The normalized spacial score (nSPS) is 22.4. The van der Waals surface area contributed by atoms with E-state index in [0.29, 0.717) is 0 Å². The van der Waals surface area contributed by atoms with Gasteiger partial charge in [0.15, 0.2) is 0 Å². The van der Waals surface area contributed by atoms with Gasteiger partial charge in [-0.05, 0) is 31.7 Å². The van der Waals surface area contributed by atoms with Crippen molar-refractivity contribution in [1.82, 2.24) is 10.2 Å². The van der Waals surface area contributed by atoms with Crippen LogP contribution in [0.15, 0.2) is 30.3 Å². The van der Waals surface area contributed by atoms with Crippen molar-refractivity contribution in [2.24, 2.45) is 0 Å². The van der Waals surface area contributed by atoms with E-state index in [-0.39, 0.29) is 24.4 Å². The Bertz CT molecular complexity index is 535. The molecule has 0 bridgehead atoms. The maximum atomic E-state index is 12.8. The van der Waals surface area contributed by atoms with Gasteiger partial charge in [-0.15, -0.1) is 0 Å². The molecule has 1 unspecified atom stereocenters. The minimum atomic E-state index is -0.611. The monoisotopic (exact) mass is 286 g/mol. The zero-order valence-electron chi connectivity index (χ0n) is 12.5. The Morgan fingerprint density at radius 1 is 1.19 bits per heavy atom. The number of amides is 2. The number of carbonyl (C=O) groups is 2. The smallest absolute Gasteiger partial charge is 0.249 e. The fraction of sp³-hybridized carbons (Fsp3) is 0.529. The molecule has 3 rings (SSSR count). The van der Waals surface area contributed by atoms with Gasteiger partial charge < -0.3 is 10.2 Å². The number of hydrogen-bond donors (Lipinski definition) is 1. The van der Waals surface area contributed by atoms with Gasteiger partial charge in [0.05, 0.1) is 6.54 Å². The molecule has 4 nitrogen and oxygen atoms in total. The highest BCUT2D eigenvalue weighted by atomic mass is 16.2. The van der Waals surface area contributed by atoms with Gasteiger partial charge in [0.25, 0.3) is 0 Å². The zero-order valence-corrected chi connectivity index (χ0v) is 12.5. The van der Waals surface area contributed by atoms with E-state index in [1.54, 1.807) is 4.90 Å². The van der Waals surface area contributed by atoms with Crippen molar-refractivity contribution < 1.29 is 9.59 Å². The minimum Gasteiger partial charge on any atom is -0.340 e. The number of benzene rings is 1. The van der Waals surface area contributed by atoms with Crippen molar-refractivity contribution >= 4 is 11.8 Å². The number of carbonyl (C=O) groups excluding carboxylic acids is 2. The molecular weight excluding hydrogens is 264 g/mol. The Balaban J connectivity index is 1.77. The maximum absolute atomic E-state index is 12.8. The van der Waals surface area contributed by atoms with Crippen LogP contribution in [0.4, 0.5) is 0 Å². The molecule has 1 N–H and O–H groups in total. The van der Waals surface area contributed by atoms with Crippen LogP contribution in [-0.4, -0.2) is 34.8 Å². The highest BCUT2D eigenvalue weighted by Crippen LogP contribution is 2.34. The Morgan fingerprint density at radius 2 is 1.86 bits per heavy atom. The summed E-state index contributed by atoms with van der Waals surface area (Å²) in [7, 11) is 0. The van der Waals surface area contributed by atoms with Crippen LogP contribution in [0.1, 0.15) is 38.2 Å². The zero-order chi connectivity index (χ0) is 14.9. The lowest BCUT2D eigenvalue weighted by Gasteiger charge is -2.42. The predicted molar refractivity (Wildman–Crippen MR) is 80.7 cm³/mol. The van der Waals surface area contributed by atoms with Crippen molar-refractivity contribution in [3.05, 3.63) is 35.9 Å². The molecule has 1 spiro atoms. The second-order valence-electron chi connectivity index (χ2n) is 6.31. The second kappa shape index (κ2) is 5.51. The van der Waals surface area contributed by atoms with Crippen LogP contribution in [0.25, 0.3) is 0 Å². The first-order valence-electron chi connectivity index (χ1n) is 7.77. The summed E-state index contributed by atoms with van der Waals surface area (Å²) in [5, 5.41) is 2.96. The van der Waals surface area contributed by atoms with Crippen LogP contribution < -0.4 is 5.32 Å². The maximum Gasteiger partial charge on any atom is 0.249 e. The van der Waals surface area contributed by atoms with E-state index in [4.69, 9.17) is 0 Å². The Morgan fingerprint density at radius 3 is 2.52 bits per heavy atom. The van der Waals surface area contributed by atoms with Crippen LogP contribution in [0.3, 0.4) is 0 Å². The van der Waals surface area contributed by atoms with Crippen LogP contribution in [0.2, 0.25) is 0 Å². The fourth-order valence-corrected chi connectivity index (χ4v) is 3.60. The van der Waals surface area contributed by atoms with Gasteiger partial charge in [-0.1, -0.05) is 43.2 Å². The highest BCUT2D eigenvalue weighted by Gasteiger charge is 2.49. The number of rotatable bonds is 3. The average molecular weight is 286 g/mol. The summed E-state index contributed by atoms with van der Waals surface area (Å²) in [4.78, 5) is 26.6. The third-order valence-electron chi connectivity index (χ3n) is 4.73. The standard InChI is InChI=1S/C17H22N2O2/c1-13(11-14-7-3-2-4-8-14)19-12-15(20)18-17(16(19)21)9-5-6-10-17/h2-4,7-8,13H,5-6,9-12H2,1H3,(H,18,20). The average Bonchev–Trinajstić information content (AvgIpc) is 2.93. The summed E-state index contributed by atoms with van der Waals surface area (Å²) in [6.45, 7) is 2.22. The molecule has 21 heavy (non-hydrogen) atoms. The first-order valence-corrected chi connectivity index (χ1v) is 7.77. The van der Waals surface area contributed by atoms with Crippen molar-refractivity contribution in [1.29, 1.82) is 0 Å². The Labute approximate surface area is 125 Å². The molecule has 112 valence electrons. The molecule has 2 amide bonds. The van der Waals surface area contributed by atoms with E-state index < -0.39 is 5.54 Å². The molecule has 1 saturated heterocycles. The molecular formula is C17H22N2O2. The van der Waals surface area contributed by atoms with E-state index in [1.807, 2.05) is 25.1 Å². The Kier molecular flexibility index (Phi) is 3.70. The molecule has 1 saturated carbocycles. The second-order valence-corrected chi connectivity index (χ2v) is 6.31. The van der Waals surface area contributed by atoms with Gasteiger partial charge in [0.1, 0.15) is 5.54 Å². The lowest BCUT2D eigenvalue weighted by molar-refractivity contribution is -0.151. The van der Waals surface area contributed by atoms with Crippen molar-refractivity contribution in [3.63, 3.8) is 0 Å². The van der Waals surface area contributed by atoms with Crippen molar-refractivity contribution in [3.8, 4) is 0 Å². The largest absolute Gasteiger partial charge is 0.340 e. The van der Waals surface area contributed by atoms with Gasteiger partial charge in [-0.25, -0.2) is 0 Å². The van der Waals surface area contributed by atoms with Gasteiger partial charge in [-0.2, -0.15) is 0 Å². The predicted octanol–water partition coefficient (Wildman–Crippen LogP) is 1.89. The van der Waals surface area contributed by atoms with Crippen LogP contribution in [-0.2, 0) is 16.0 Å². The van der Waals surface area contributed by atoms with Gasteiger partial charge >= 0.3 is 0 Å². The molecule has 1 heterocycles. The number of piperazine rings is 1. The summed E-state index contributed by atoms with van der Waals surface area (Å²) in [6, 6.07) is 10.2. The van der Waals surface area contributed by atoms with Crippen LogP contribution in [0, 0.1) is 0 Å². The molecule has 0 radical (unpaired) electrons. The van der Waals surface area contributed by atoms with E-state index in [2.05, 4.69) is 17.4 Å². The molecule has 1 aromatic rings. The highest BCUT2D eigenvalue weighted by molar-refractivity contribution is 5.98. The quantitative estimate of drug-likeness (QED) is 0.922. The summed E-state index contributed by atoms with van der Waals surface area (Å²) in [5.74, 6) is 0.0967. The number of nitrogens with one attached hydrogen (secondary N) is 1. The lowest BCUT2D eigenvalue weighted by atomic mass is 9.91. The first kappa shape index (κ1) is 14.1. The first-order chi connectivity index (χ1) is 10.1. The van der Waals surface area contributed by atoms with E-state index >= 15 is 0 Å². The number of hydrogen-bond acceptors (Lipinski definition) is 2. The summed E-state index contributed by atoms with van der Waals surface area (Å²) < 4.78 is 0. The Hall–Kier alpha value is -1.84. The van der Waals surface area contributed by atoms with E-state index in [0.717, 1.165) is 32.1 Å². The molecule has 2 fully saturated rings. The summed E-state index contributed by atoms with van der Waals surface area (Å²) >= 11 is 0. The SMILES string of the molecule is CC(Cc1ccccc1)N1CC(=O)NC2(CCCC2)C1=O.